The number of amides is 2. The summed E-state index contributed by atoms with van der Waals surface area (Å²) in [6.07, 6.45) is 3.20. The van der Waals surface area contributed by atoms with E-state index in [-0.39, 0.29) is 11.8 Å². The Morgan fingerprint density at radius 1 is 0.971 bits per heavy atom. The van der Waals surface area contributed by atoms with Crippen LogP contribution in [0.5, 0.6) is 5.75 Å². The molecule has 0 atom stereocenters. The van der Waals surface area contributed by atoms with Crippen LogP contribution in [0, 0.1) is 0 Å². The molecule has 6 nitrogen and oxygen atoms in total. The normalized spacial score (nSPS) is 13.7. The molecular weight excluding hydrogens is 530 g/mol. The Kier molecular flexibility index (Phi) is 8.10. The van der Waals surface area contributed by atoms with E-state index < -0.39 is 0 Å². The van der Waals surface area contributed by atoms with E-state index in [2.05, 4.69) is 26.1 Å². The van der Waals surface area contributed by atoms with E-state index in [4.69, 9.17) is 16.3 Å². The Balaban J connectivity index is 1.31. The number of nitrogens with one attached hydrogen (secondary N) is 1. The van der Waals surface area contributed by atoms with Crippen molar-refractivity contribution >= 4 is 56.8 Å². The molecule has 1 aliphatic rings. The average Bonchev–Trinajstić information content (AvgIpc) is 2.88. The molecule has 1 aliphatic heterocycles. The van der Waals surface area contributed by atoms with Crippen molar-refractivity contribution in [2.24, 2.45) is 0 Å². The van der Waals surface area contributed by atoms with Gasteiger partial charge in [-0.25, -0.2) is 0 Å². The summed E-state index contributed by atoms with van der Waals surface area (Å²) >= 11 is 9.35. The van der Waals surface area contributed by atoms with Gasteiger partial charge in [-0.2, -0.15) is 0 Å². The lowest BCUT2D eigenvalue weighted by molar-refractivity contribution is -0.111. The van der Waals surface area contributed by atoms with E-state index in [0.29, 0.717) is 35.1 Å². The zero-order valence-corrected chi connectivity index (χ0v) is 21.6. The molecule has 0 aromatic heterocycles. The summed E-state index contributed by atoms with van der Waals surface area (Å²) in [7, 11) is 1.60. The highest BCUT2D eigenvalue weighted by atomic mass is 79.9. The van der Waals surface area contributed by atoms with E-state index in [1.54, 1.807) is 37.5 Å². The van der Waals surface area contributed by atoms with Crippen LogP contribution in [-0.2, 0) is 4.79 Å². The number of hydrogen-bond donors (Lipinski definition) is 1. The molecule has 0 unspecified atom stereocenters. The Bertz CT molecular complexity index is 1220. The highest BCUT2D eigenvalue weighted by Gasteiger charge is 2.22. The Labute approximate surface area is 218 Å². The molecule has 180 valence electrons. The first-order chi connectivity index (χ1) is 16.9. The van der Waals surface area contributed by atoms with Gasteiger partial charge in [0, 0.05) is 64.3 Å². The Hall–Kier alpha value is -3.29. The number of carbonyl (C=O) groups excluding carboxylic acids is 2. The third-order valence-corrected chi connectivity index (χ3v) is 6.51. The minimum absolute atomic E-state index is 0.0212. The molecule has 2 amide bonds. The number of piperazine rings is 1. The zero-order valence-electron chi connectivity index (χ0n) is 19.2. The lowest BCUT2D eigenvalue weighted by Gasteiger charge is -2.36. The van der Waals surface area contributed by atoms with Crippen molar-refractivity contribution < 1.29 is 14.3 Å². The summed E-state index contributed by atoms with van der Waals surface area (Å²) in [4.78, 5) is 29.2. The van der Waals surface area contributed by atoms with Crippen molar-refractivity contribution in [2.75, 3.05) is 43.5 Å². The van der Waals surface area contributed by atoms with Gasteiger partial charge in [0.25, 0.3) is 5.91 Å². The van der Waals surface area contributed by atoms with Crippen LogP contribution in [0.1, 0.15) is 15.9 Å². The zero-order chi connectivity index (χ0) is 24.8. The van der Waals surface area contributed by atoms with Crippen LogP contribution in [0.4, 0.5) is 11.4 Å². The number of hydrogen-bond acceptors (Lipinski definition) is 4. The second-order valence-corrected chi connectivity index (χ2v) is 9.39. The molecule has 0 radical (unpaired) electrons. The van der Waals surface area contributed by atoms with Crippen LogP contribution in [0.15, 0.2) is 77.3 Å². The molecule has 3 aromatic carbocycles. The van der Waals surface area contributed by atoms with Crippen LogP contribution in [0.3, 0.4) is 0 Å². The number of nitrogens with zero attached hydrogens (tertiary/aromatic N) is 2. The molecule has 0 bridgehead atoms. The van der Waals surface area contributed by atoms with Gasteiger partial charge in [0.1, 0.15) is 5.75 Å². The molecule has 0 saturated carbocycles. The molecule has 1 N–H and O–H groups in total. The van der Waals surface area contributed by atoms with Gasteiger partial charge in [-0.15, -0.1) is 0 Å². The fraction of sp³-hybridized carbons (Fsp3) is 0.185. The van der Waals surface area contributed by atoms with Crippen molar-refractivity contribution in [1.29, 1.82) is 0 Å². The fourth-order valence-electron chi connectivity index (χ4n) is 3.88. The number of rotatable bonds is 6. The standard InChI is InChI=1S/C27H25BrClN3O3/c1-35-25-12-5-21(28)18-20(25)4-13-26(33)30-23-8-10-24(11-9-23)31-14-16-32(17-15-31)27(34)19-2-6-22(29)7-3-19/h2-13,18H,14-17H2,1H3,(H,30,33). The predicted octanol–water partition coefficient (Wildman–Crippen LogP) is 5.73. The minimum Gasteiger partial charge on any atom is -0.496 e. The van der Waals surface area contributed by atoms with Crippen molar-refractivity contribution in [3.63, 3.8) is 0 Å². The molecule has 1 heterocycles. The molecule has 35 heavy (non-hydrogen) atoms. The van der Waals surface area contributed by atoms with E-state index in [0.717, 1.165) is 28.8 Å². The number of ether oxygens (including phenoxy) is 1. The van der Waals surface area contributed by atoms with Gasteiger partial charge in [-0.1, -0.05) is 27.5 Å². The van der Waals surface area contributed by atoms with Gasteiger partial charge in [-0.3, -0.25) is 9.59 Å². The maximum Gasteiger partial charge on any atom is 0.253 e. The molecule has 3 aromatic rings. The monoisotopic (exact) mass is 553 g/mol. The van der Waals surface area contributed by atoms with Crippen molar-refractivity contribution in [1.82, 2.24) is 4.90 Å². The largest absolute Gasteiger partial charge is 0.496 e. The predicted molar refractivity (Wildman–Crippen MR) is 144 cm³/mol. The van der Waals surface area contributed by atoms with Gasteiger partial charge in [0.15, 0.2) is 0 Å². The molecule has 8 heteroatoms. The van der Waals surface area contributed by atoms with E-state index in [1.807, 2.05) is 47.4 Å². The summed E-state index contributed by atoms with van der Waals surface area (Å²) in [6.45, 7) is 2.76. The van der Waals surface area contributed by atoms with Crippen LogP contribution in [0.2, 0.25) is 5.02 Å². The maximum atomic E-state index is 12.7. The highest BCUT2D eigenvalue weighted by Crippen LogP contribution is 2.24. The van der Waals surface area contributed by atoms with E-state index >= 15 is 0 Å². The number of halogens is 2. The summed E-state index contributed by atoms with van der Waals surface area (Å²) in [5.74, 6) is 0.485. The van der Waals surface area contributed by atoms with Crippen LogP contribution in [-0.4, -0.2) is 50.0 Å². The smallest absolute Gasteiger partial charge is 0.253 e. The molecule has 4 rings (SSSR count). The Morgan fingerprint density at radius 2 is 1.66 bits per heavy atom. The maximum absolute atomic E-state index is 12.7. The van der Waals surface area contributed by atoms with Gasteiger partial charge in [0.2, 0.25) is 5.91 Å². The summed E-state index contributed by atoms with van der Waals surface area (Å²) in [5.41, 5.74) is 3.22. The molecule has 0 aliphatic carbocycles. The highest BCUT2D eigenvalue weighted by molar-refractivity contribution is 9.10. The topological polar surface area (TPSA) is 61.9 Å². The lowest BCUT2D eigenvalue weighted by Crippen LogP contribution is -2.48. The van der Waals surface area contributed by atoms with Crippen molar-refractivity contribution in [3.8, 4) is 5.75 Å². The number of benzene rings is 3. The lowest BCUT2D eigenvalue weighted by atomic mass is 10.1. The first-order valence-corrected chi connectivity index (χ1v) is 12.3. The summed E-state index contributed by atoms with van der Waals surface area (Å²) < 4.78 is 6.24. The van der Waals surface area contributed by atoms with Gasteiger partial charge >= 0.3 is 0 Å². The first-order valence-electron chi connectivity index (χ1n) is 11.2. The second kappa shape index (κ2) is 11.4. The average molecular weight is 555 g/mol. The quantitative estimate of drug-likeness (QED) is 0.396. The van der Waals surface area contributed by atoms with E-state index in [1.165, 1.54) is 6.08 Å². The van der Waals surface area contributed by atoms with Crippen molar-refractivity contribution in [2.45, 2.75) is 0 Å². The number of anilines is 2. The van der Waals surface area contributed by atoms with Gasteiger partial charge in [0.05, 0.1) is 7.11 Å². The molecule has 1 fully saturated rings. The van der Waals surface area contributed by atoms with Gasteiger partial charge in [-0.05, 0) is 72.8 Å². The SMILES string of the molecule is COc1ccc(Br)cc1C=CC(=O)Nc1ccc(N2CCN(C(=O)c3ccc(Cl)cc3)CC2)cc1. The molecule has 1 saturated heterocycles. The van der Waals surface area contributed by atoms with Crippen molar-refractivity contribution in [3.05, 3.63) is 93.4 Å². The fourth-order valence-corrected chi connectivity index (χ4v) is 4.39. The van der Waals surface area contributed by atoms with Crippen LogP contribution >= 0.6 is 27.5 Å². The third-order valence-electron chi connectivity index (χ3n) is 5.76. The third kappa shape index (κ3) is 6.44. The second-order valence-electron chi connectivity index (χ2n) is 8.04. The summed E-state index contributed by atoms with van der Waals surface area (Å²) in [6, 6.07) is 20.3. The molecular formula is C27H25BrClN3O3. The number of methoxy groups -OCH3 is 1. The van der Waals surface area contributed by atoms with Gasteiger partial charge < -0.3 is 19.9 Å². The Morgan fingerprint density at radius 3 is 2.31 bits per heavy atom. The van der Waals surface area contributed by atoms with Crippen LogP contribution in [0.25, 0.3) is 6.08 Å². The summed E-state index contributed by atoms with van der Waals surface area (Å²) in [5, 5.41) is 3.50. The molecule has 0 spiro atoms. The van der Waals surface area contributed by atoms with E-state index in [9.17, 15) is 9.59 Å². The first kappa shape index (κ1) is 24.8. The van der Waals surface area contributed by atoms with Crippen LogP contribution < -0.4 is 15.0 Å². The minimum atomic E-state index is -0.228. The number of carbonyl (C=O) groups is 2.